The average molecular weight is 359 g/mol. The molecule has 0 bridgehead atoms. The van der Waals surface area contributed by atoms with Crippen LogP contribution in [0.3, 0.4) is 0 Å². The van der Waals surface area contributed by atoms with Gasteiger partial charge in [0.2, 0.25) is 5.91 Å². The number of amides is 3. The molecule has 6 heteroatoms. The van der Waals surface area contributed by atoms with Crippen LogP contribution >= 0.6 is 0 Å². The van der Waals surface area contributed by atoms with Crippen LogP contribution in [0, 0.1) is 5.92 Å². The van der Waals surface area contributed by atoms with Crippen LogP contribution in [-0.2, 0) is 4.79 Å². The summed E-state index contributed by atoms with van der Waals surface area (Å²) in [6, 6.07) is 7.87. The van der Waals surface area contributed by atoms with E-state index in [2.05, 4.69) is 12.2 Å². The van der Waals surface area contributed by atoms with Gasteiger partial charge in [-0.1, -0.05) is 19.1 Å². The van der Waals surface area contributed by atoms with E-state index in [1.54, 1.807) is 0 Å². The molecule has 1 saturated heterocycles. The molecule has 26 heavy (non-hydrogen) atoms. The highest BCUT2D eigenvalue weighted by Crippen LogP contribution is 2.34. The number of rotatable bonds is 3. The summed E-state index contributed by atoms with van der Waals surface area (Å²) in [5.74, 6) is 0.877. The molecule has 2 aliphatic heterocycles. The Bertz CT molecular complexity index is 653. The van der Waals surface area contributed by atoms with Gasteiger partial charge in [-0.3, -0.25) is 9.69 Å². The Morgan fingerprint density at radius 3 is 2.58 bits per heavy atom. The van der Waals surface area contributed by atoms with E-state index in [1.165, 1.54) is 0 Å². The maximum atomic E-state index is 13.1. The highest BCUT2D eigenvalue weighted by Gasteiger charge is 2.34. The van der Waals surface area contributed by atoms with Crippen LogP contribution in [0.5, 0.6) is 5.75 Å². The number of piperidine rings is 1. The van der Waals surface area contributed by atoms with Crippen LogP contribution in [0.1, 0.15) is 40.0 Å². The number of hydrogen-bond acceptors (Lipinski definition) is 3. The SMILES string of the molecule is CC[C@@H]1CN(C(=O)N2CCC(C(=O)NC(C)C)CC2)c2ccccc2O1. The maximum absolute atomic E-state index is 13.1. The number of fused-ring (bicyclic) bond motifs is 1. The first-order chi connectivity index (χ1) is 12.5. The zero-order chi connectivity index (χ0) is 18.7. The number of urea groups is 1. The van der Waals surface area contributed by atoms with Crippen molar-refractivity contribution in [1.29, 1.82) is 0 Å². The van der Waals surface area contributed by atoms with Crippen LogP contribution < -0.4 is 15.0 Å². The van der Waals surface area contributed by atoms with Crippen molar-refractivity contribution in [2.45, 2.75) is 52.2 Å². The molecule has 0 spiro atoms. The third-order valence-electron chi connectivity index (χ3n) is 5.09. The Balaban J connectivity index is 1.66. The fraction of sp³-hybridized carbons (Fsp3) is 0.600. The van der Waals surface area contributed by atoms with Gasteiger partial charge in [0.15, 0.2) is 0 Å². The van der Waals surface area contributed by atoms with Crippen molar-refractivity contribution in [3.8, 4) is 5.75 Å². The van der Waals surface area contributed by atoms with Crippen molar-refractivity contribution in [1.82, 2.24) is 10.2 Å². The van der Waals surface area contributed by atoms with Crippen LogP contribution in [-0.4, -0.2) is 48.6 Å². The van der Waals surface area contributed by atoms with Gasteiger partial charge >= 0.3 is 6.03 Å². The quantitative estimate of drug-likeness (QED) is 0.902. The Morgan fingerprint density at radius 2 is 1.92 bits per heavy atom. The predicted octanol–water partition coefficient (Wildman–Crippen LogP) is 3.02. The lowest BCUT2D eigenvalue weighted by atomic mass is 9.96. The highest BCUT2D eigenvalue weighted by atomic mass is 16.5. The first kappa shape index (κ1) is 18.5. The highest BCUT2D eigenvalue weighted by molar-refractivity contribution is 5.94. The number of anilines is 1. The van der Waals surface area contributed by atoms with Gasteiger partial charge in [0.1, 0.15) is 11.9 Å². The minimum Gasteiger partial charge on any atom is -0.486 e. The molecule has 3 rings (SSSR count). The van der Waals surface area contributed by atoms with Gasteiger partial charge in [-0.05, 0) is 45.2 Å². The molecule has 1 aromatic rings. The van der Waals surface area contributed by atoms with Gasteiger partial charge in [0, 0.05) is 25.0 Å². The van der Waals surface area contributed by atoms with E-state index in [0.717, 1.165) is 17.9 Å². The van der Waals surface area contributed by atoms with Gasteiger partial charge in [-0.15, -0.1) is 0 Å². The van der Waals surface area contributed by atoms with Crippen molar-refractivity contribution >= 4 is 17.6 Å². The molecule has 2 aliphatic rings. The van der Waals surface area contributed by atoms with E-state index in [0.29, 0.717) is 32.5 Å². The predicted molar refractivity (Wildman–Crippen MR) is 101 cm³/mol. The minimum atomic E-state index is 0.00168. The molecule has 142 valence electrons. The van der Waals surface area contributed by atoms with E-state index in [9.17, 15) is 9.59 Å². The fourth-order valence-electron chi connectivity index (χ4n) is 3.60. The zero-order valence-corrected chi connectivity index (χ0v) is 15.9. The summed E-state index contributed by atoms with van der Waals surface area (Å²) < 4.78 is 5.97. The zero-order valence-electron chi connectivity index (χ0n) is 15.9. The largest absolute Gasteiger partial charge is 0.486 e. The second kappa shape index (κ2) is 7.98. The number of hydrogen-bond donors (Lipinski definition) is 1. The van der Waals surface area contributed by atoms with Crippen molar-refractivity contribution in [3.05, 3.63) is 24.3 Å². The van der Waals surface area contributed by atoms with Crippen LogP contribution in [0.4, 0.5) is 10.5 Å². The molecule has 1 atom stereocenters. The molecular weight excluding hydrogens is 330 g/mol. The van der Waals surface area contributed by atoms with E-state index in [4.69, 9.17) is 4.74 Å². The van der Waals surface area contributed by atoms with Gasteiger partial charge in [0.25, 0.3) is 0 Å². The number of carbonyl (C=O) groups is 2. The number of likely N-dealkylation sites (tertiary alicyclic amines) is 1. The van der Waals surface area contributed by atoms with Crippen molar-refractivity contribution in [2.24, 2.45) is 5.92 Å². The molecule has 1 aromatic carbocycles. The van der Waals surface area contributed by atoms with Crippen LogP contribution in [0.2, 0.25) is 0 Å². The first-order valence-electron chi connectivity index (χ1n) is 9.62. The van der Waals surface area contributed by atoms with Crippen LogP contribution in [0.25, 0.3) is 0 Å². The molecule has 0 aliphatic carbocycles. The molecule has 2 heterocycles. The Hall–Kier alpha value is -2.24. The molecule has 3 amide bonds. The molecule has 0 radical (unpaired) electrons. The summed E-state index contributed by atoms with van der Waals surface area (Å²) in [7, 11) is 0. The smallest absolute Gasteiger partial charge is 0.324 e. The van der Waals surface area contributed by atoms with Gasteiger partial charge < -0.3 is 15.0 Å². The van der Waals surface area contributed by atoms with Crippen molar-refractivity contribution in [3.63, 3.8) is 0 Å². The van der Waals surface area contributed by atoms with E-state index in [-0.39, 0.29) is 30.0 Å². The molecule has 6 nitrogen and oxygen atoms in total. The average Bonchev–Trinajstić information content (AvgIpc) is 2.66. The monoisotopic (exact) mass is 359 g/mol. The number of nitrogens with one attached hydrogen (secondary N) is 1. The summed E-state index contributed by atoms with van der Waals surface area (Å²) in [4.78, 5) is 29.0. The molecule has 1 fully saturated rings. The van der Waals surface area contributed by atoms with Crippen LogP contribution in [0.15, 0.2) is 24.3 Å². The lowest BCUT2D eigenvalue weighted by Crippen LogP contribution is -2.52. The van der Waals surface area contributed by atoms with E-state index >= 15 is 0 Å². The van der Waals surface area contributed by atoms with Gasteiger partial charge in [0.05, 0.1) is 12.2 Å². The number of para-hydroxylation sites is 2. The standard InChI is InChI=1S/C20H29N3O3/c1-4-16-13-23(17-7-5-6-8-18(17)26-16)20(25)22-11-9-15(10-12-22)19(24)21-14(2)3/h5-8,14-16H,4,9-13H2,1-3H3,(H,21,24)/t16-/m1/s1. The third-order valence-corrected chi connectivity index (χ3v) is 5.09. The Labute approximate surface area is 155 Å². The van der Waals surface area contributed by atoms with Gasteiger partial charge in [-0.25, -0.2) is 4.79 Å². The Kier molecular flexibility index (Phi) is 5.69. The number of nitrogens with zero attached hydrogens (tertiary/aromatic N) is 2. The number of ether oxygens (including phenoxy) is 1. The summed E-state index contributed by atoms with van der Waals surface area (Å²) >= 11 is 0. The lowest BCUT2D eigenvalue weighted by Gasteiger charge is -2.39. The second-order valence-electron chi connectivity index (χ2n) is 7.43. The normalized spacial score (nSPS) is 20.5. The summed E-state index contributed by atoms with van der Waals surface area (Å²) in [6.45, 7) is 7.81. The number of carbonyl (C=O) groups excluding carboxylic acids is 2. The van der Waals surface area contributed by atoms with Gasteiger partial charge in [-0.2, -0.15) is 0 Å². The molecule has 1 N–H and O–H groups in total. The molecular formula is C20H29N3O3. The summed E-state index contributed by atoms with van der Waals surface area (Å²) in [5.41, 5.74) is 0.835. The molecule has 0 saturated carbocycles. The topological polar surface area (TPSA) is 61.9 Å². The third kappa shape index (κ3) is 3.94. The summed E-state index contributed by atoms with van der Waals surface area (Å²) in [5, 5.41) is 2.98. The second-order valence-corrected chi connectivity index (χ2v) is 7.43. The van der Waals surface area contributed by atoms with E-state index in [1.807, 2.05) is 47.9 Å². The van der Waals surface area contributed by atoms with Crippen molar-refractivity contribution < 1.29 is 14.3 Å². The molecule has 0 unspecified atom stereocenters. The first-order valence-corrected chi connectivity index (χ1v) is 9.62. The minimum absolute atomic E-state index is 0.00168. The van der Waals surface area contributed by atoms with E-state index < -0.39 is 0 Å². The van der Waals surface area contributed by atoms with Crippen molar-refractivity contribution in [2.75, 3.05) is 24.5 Å². The Morgan fingerprint density at radius 1 is 1.23 bits per heavy atom. The maximum Gasteiger partial charge on any atom is 0.324 e. The lowest BCUT2D eigenvalue weighted by molar-refractivity contribution is -0.126. The number of benzene rings is 1. The molecule has 0 aromatic heterocycles. The summed E-state index contributed by atoms with van der Waals surface area (Å²) in [6.07, 6.45) is 2.31. The fourth-order valence-corrected chi connectivity index (χ4v) is 3.60.